The third-order valence-electron chi connectivity index (χ3n) is 3.86. The van der Waals surface area contributed by atoms with Crippen molar-refractivity contribution in [2.24, 2.45) is 0 Å². The Kier molecular flexibility index (Phi) is 7.25. The zero-order chi connectivity index (χ0) is 18.7. The first-order valence-corrected chi connectivity index (χ1v) is 10.0. The molecule has 1 rings (SSSR count). The second-order valence-corrected chi connectivity index (χ2v) is 8.48. The van der Waals surface area contributed by atoms with Crippen molar-refractivity contribution in [3.63, 3.8) is 0 Å². The predicted octanol–water partition coefficient (Wildman–Crippen LogP) is 3.63. The number of hydrogen-bond donors (Lipinski definition) is 0. The van der Waals surface area contributed by atoms with Crippen LogP contribution in [0, 0.1) is 0 Å². The Balaban J connectivity index is 3.41. The molecule has 0 unspecified atom stereocenters. The number of amides is 1. The minimum atomic E-state index is -3.64. The fourth-order valence-corrected chi connectivity index (χ4v) is 4.43. The highest BCUT2D eigenvalue weighted by molar-refractivity contribution is 7.89. The van der Waals surface area contributed by atoms with Crippen LogP contribution in [0.4, 0.5) is 0 Å². The molecule has 24 heavy (non-hydrogen) atoms. The Labute approximate surface area is 150 Å². The van der Waals surface area contributed by atoms with E-state index in [1.54, 1.807) is 18.7 Å². The number of rotatable bonds is 7. The predicted molar refractivity (Wildman–Crippen MR) is 98.0 cm³/mol. The van der Waals surface area contributed by atoms with Crippen LogP contribution in [-0.2, 0) is 10.0 Å². The molecule has 1 aromatic carbocycles. The number of carbonyl (C=O) groups excluding carboxylic acids is 1. The van der Waals surface area contributed by atoms with Crippen LogP contribution in [0.15, 0.2) is 23.1 Å². The van der Waals surface area contributed by atoms with E-state index >= 15 is 0 Å². The van der Waals surface area contributed by atoms with Gasteiger partial charge in [0.25, 0.3) is 5.91 Å². The lowest BCUT2D eigenvalue weighted by atomic mass is 10.1. The molecule has 0 saturated carbocycles. The fourth-order valence-electron chi connectivity index (χ4n) is 2.75. The molecule has 0 aliphatic carbocycles. The van der Waals surface area contributed by atoms with Gasteiger partial charge in [0.1, 0.15) is 0 Å². The highest BCUT2D eigenvalue weighted by Crippen LogP contribution is 2.25. The van der Waals surface area contributed by atoms with Crippen molar-refractivity contribution in [3.8, 4) is 0 Å². The van der Waals surface area contributed by atoms with Gasteiger partial charge in [-0.3, -0.25) is 4.79 Å². The van der Waals surface area contributed by atoms with Crippen molar-refractivity contribution in [3.05, 3.63) is 28.8 Å². The van der Waals surface area contributed by atoms with Gasteiger partial charge in [0, 0.05) is 25.2 Å². The molecule has 7 heteroatoms. The van der Waals surface area contributed by atoms with Gasteiger partial charge in [-0.05, 0) is 45.9 Å². The van der Waals surface area contributed by atoms with Gasteiger partial charge in [-0.2, -0.15) is 4.31 Å². The van der Waals surface area contributed by atoms with E-state index in [4.69, 9.17) is 11.6 Å². The summed E-state index contributed by atoms with van der Waals surface area (Å²) >= 11 is 6.19. The van der Waals surface area contributed by atoms with E-state index in [9.17, 15) is 13.2 Å². The topological polar surface area (TPSA) is 57.7 Å². The van der Waals surface area contributed by atoms with E-state index in [0.29, 0.717) is 13.1 Å². The molecule has 0 heterocycles. The summed E-state index contributed by atoms with van der Waals surface area (Å²) in [5.41, 5.74) is 0.215. The lowest BCUT2D eigenvalue weighted by Gasteiger charge is -2.31. The smallest absolute Gasteiger partial charge is 0.255 e. The Morgan fingerprint density at radius 2 is 1.58 bits per heavy atom. The van der Waals surface area contributed by atoms with Crippen molar-refractivity contribution in [2.75, 3.05) is 13.1 Å². The largest absolute Gasteiger partial charge is 0.334 e. The Morgan fingerprint density at radius 1 is 1.08 bits per heavy atom. The summed E-state index contributed by atoms with van der Waals surface area (Å²) in [6.07, 6.45) is 0. The van der Waals surface area contributed by atoms with E-state index < -0.39 is 10.0 Å². The fraction of sp³-hybridized carbons (Fsp3) is 0.588. The summed E-state index contributed by atoms with van der Waals surface area (Å²) < 4.78 is 26.7. The summed E-state index contributed by atoms with van der Waals surface area (Å²) in [5, 5.41) is 0.254. The maximum absolute atomic E-state index is 12.9. The maximum atomic E-state index is 12.9. The highest BCUT2D eigenvalue weighted by Gasteiger charge is 2.27. The summed E-state index contributed by atoms with van der Waals surface area (Å²) in [6.45, 7) is 12.0. The summed E-state index contributed by atoms with van der Waals surface area (Å²) in [7, 11) is -3.64. The van der Waals surface area contributed by atoms with Gasteiger partial charge in [-0.25, -0.2) is 8.42 Å². The molecule has 0 bridgehead atoms. The van der Waals surface area contributed by atoms with Gasteiger partial charge in [0.15, 0.2) is 0 Å². The van der Waals surface area contributed by atoms with Crippen LogP contribution in [0.25, 0.3) is 0 Å². The van der Waals surface area contributed by atoms with Crippen LogP contribution in [0.2, 0.25) is 5.02 Å². The summed E-state index contributed by atoms with van der Waals surface area (Å²) in [5.74, 6) is -0.262. The van der Waals surface area contributed by atoms with Gasteiger partial charge in [0.2, 0.25) is 10.0 Å². The second kappa shape index (κ2) is 8.32. The van der Waals surface area contributed by atoms with Gasteiger partial charge < -0.3 is 4.90 Å². The summed E-state index contributed by atoms with van der Waals surface area (Å²) in [6, 6.07) is 4.27. The van der Waals surface area contributed by atoms with E-state index in [1.807, 2.05) is 27.7 Å². The number of halogens is 1. The first-order chi connectivity index (χ1) is 11.1. The van der Waals surface area contributed by atoms with Crippen molar-refractivity contribution in [1.29, 1.82) is 0 Å². The first kappa shape index (κ1) is 20.9. The number of nitrogens with zero attached hydrogens (tertiary/aromatic N) is 2. The van der Waals surface area contributed by atoms with Gasteiger partial charge in [0.05, 0.1) is 15.5 Å². The third kappa shape index (κ3) is 4.29. The molecule has 0 aromatic heterocycles. The molecular formula is C17H27ClN2O3S. The molecule has 0 spiro atoms. The molecule has 1 aromatic rings. The normalized spacial score (nSPS) is 12.2. The Morgan fingerprint density at radius 3 is 2.00 bits per heavy atom. The number of sulfonamides is 1. The monoisotopic (exact) mass is 374 g/mol. The van der Waals surface area contributed by atoms with Crippen LogP contribution >= 0.6 is 11.6 Å². The first-order valence-electron chi connectivity index (χ1n) is 8.20. The lowest BCUT2D eigenvalue weighted by Crippen LogP contribution is -2.42. The molecular weight excluding hydrogens is 348 g/mol. The summed E-state index contributed by atoms with van der Waals surface area (Å²) in [4.78, 5) is 14.6. The second-order valence-electron chi connectivity index (χ2n) is 6.13. The Hall–Kier alpha value is -1.11. The van der Waals surface area contributed by atoms with Gasteiger partial charge >= 0.3 is 0 Å². The van der Waals surface area contributed by atoms with E-state index in [-0.39, 0.29) is 33.5 Å². The van der Waals surface area contributed by atoms with E-state index in [2.05, 4.69) is 0 Å². The zero-order valence-electron chi connectivity index (χ0n) is 15.2. The van der Waals surface area contributed by atoms with Crippen molar-refractivity contribution >= 4 is 27.5 Å². The molecule has 0 N–H and O–H groups in total. The van der Waals surface area contributed by atoms with Crippen molar-refractivity contribution < 1.29 is 13.2 Å². The molecule has 0 aliphatic rings. The zero-order valence-corrected chi connectivity index (χ0v) is 16.8. The minimum Gasteiger partial charge on any atom is -0.334 e. The van der Waals surface area contributed by atoms with Crippen LogP contribution in [-0.4, -0.2) is 48.7 Å². The number of benzene rings is 1. The quantitative estimate of drug-likeness (QED) is 0.732. The third-order valence-corrected chi connectivity index (χ3v) is 6.23. The molecule has 0 aliphatic heterocycles. The molecule has 0 radical (unpaired) electrons. The van der Waals surface area contributed by atoms with Crippen LogP contribution in [0.5, 0.6) is 0 Å². The maximum Gasteiger partial charge on any atom is 0.255 e. The van der Waals surface area contributed by atoms with Gasteiger partial charge in [-0.15, -0.1) is 0 Å². The van der Waals surface area contributed by atoms with Gasteiger partial charge in [-0.1, -0.05) is 25.4 Å². The molecule has 0 fully saturated rings. The molecule has 1 amide bonds. The van der Waals surface area contributed by atoms with Crippen LogP contribution in [0.3, 0.4) is 0 Å². The average Bonchev–Trinajstić information content (AvgIpc) is 2.47. The highest BCUT2D eigenvalue weighted by atomic mass is 35.5. The minimum absolute atomic E-state index is 0.0170. The van der Waals surface area contributed by atoms with Crippen molar-refractivity contribution in [2.45, 2.75) is 58.5 Å². The number of hydrogen-bond acceptors (Lipinski definition) is 3. The van der Waals surface area contributed by atoms with Crippen LogP contribution in [0.1, 0.15) is 51.9 Å². The molecule has 0 atom stereocenters. The Bertz CT molecular complexity index is 675. The molecule has 136 valence electrons. The van der Waals surface area contributed by atoms with Crippen molar-refractivity contribution in [1.82, 2.24) is 9.21 Å². The average molecular weight is 375 g/mol. The standard InChI is InChI=1S/C17H27ClN2O3S/c1-7-19(8-2)24(22,23)14-9-10-16(18)15(11-14)17(21)20(12(3)4)13(5)6/h9-13H,7-8H2,1-6H3. The van der Waals surface area contributed by atoms with E-state index in [1.165, 1.54) is 22.5 Å². The SMILES string of the molecule is CCN(CC)S(=O)(=O)c1ccc(Cl)c(C(=O)N(C(C)C)C(C)C)c1. The van der Waals surface area contributed by atoms with Crippen LogP contribution < -0.4 is 0 Å². The number of carbonyl (C=O) groups is 1. The molecule has 5 nitrogen and oxygen atoms in total. The lowest BCUT2D eigenvalue weighted by molar-refractivity contribution is 0.0643. The molecule has 0 saturated heterocycles. The van der Waals surface area contributed by atoms with E-state index in [0.717, 1.165) is 0 Å².